The van der Waals surface area contributed by atoms with Crippen LogP contribution in [0, 0.1) is 0 Å². The van der Waals surface area contributed by atoms with Crippen LogP contribution in [0.1, 0.15) is 6.42 Å². The highest BCUT2D eigenvalue weighted by Gasteiger charge is 2.08. The van der Waals surface area contributed by atoms with Gasteiger partial charge in [0.1, 0.15) is 0 Å². The van der Waals surface area contributed by atoms with E-state index in [0.29, 0.717) is 0 Å². The molecule has 1 N–H and O–H groups in total. The van der Waals surface area contributed by atoms with E-state index in [1.165, 1.54) is 16.2 Å². The van der Waals surface area contributed by atoms with Crippen LogP contribution in [0.2, 0.25) is 0 Å². The highest BCUT2D eigenvalue weighted by molar-refractivity contribution is 5.95. The molecule has 28 heavy (non-hydrogen) atoms. The normalized spacial score (nSPS) is 11.0. The van der Waals surface area contributed by atoms with E-state index in [1.54, 1.807) is 0 Å². The number of pyridine rings is 1. The third-order valence-corrected chi connectivity index (χ3v) is 4.86. The predicted octanol–water partition coefficient (Wildman–Crippen LogP) is 5.84. The van der Waals surface area contributed by atoms with E-state index in [4.69, 9.17) is 4.98 Å². The molecule has 3 nitrogen and oxygen atoms in total. The summed E-state index contributed by atoms with van der Waals surface area (Å²) < 4.78 is 0. The van der Waals surface area contributed by atoms with E-state index in [-0.39, 0.29) is 12.4 Å². The molecular weight excluding hydrogens is 366 g/mol. The van der Waals surface area contributed by atoms with Gasteiger partial charge in [0.2, 0.25) is 0 Å². The van der Waals surface area contributed by atoms with Crippen LogP contribution in [0.4, 0.5) is 5.69 Å². The predicted molar refractivity (Wildman–Crippen MR) is 124 cm³/mol. The molecule has 0 aliphatic rings. The fourth-order valence-corrected chi connectivity index (χ4v) is 3.44. The summed E-state index contributed by atoms with van der Waals surface area (Å²) in [5, 5.41) is 7.29. The Morgan fingerprint density at radius 2 is 1.61 bits per heavy atom. The quantitative estimate of drug-likeness (QED) is 0.418. The second-order valence-electron chi connectivity index (χ2n) is 7.22. The molecule has 0 atom stereocenters. The number of fused-ring (bicyclic) bond motifs is 2. The average Bonchev–Trinajstić information content (AvgIpc) is 2.70. The molecule has 1 aromatic heterocycles. The van der Waals surface area contributed by atoms with Gasteiger partial charge in [0.25, 0.3) is 0 Å². The van der Waals surface area contributed by atoms with Crippen molar-refractivity contribution in [3.63, 3.8) is 0 Å². The van der Waals surface area contributed by atoms with Crippen molar-refractivity contribution in [2.45, 2.75) is 6.42 Å². The SMILES string of the molecule is CN(C)CCCNc1cc(-c2ccc3ccccc3c2)nc2ccccc12.Cl. The molecule has 4 heteroatoms. The molecule has 4 rings (SSSR count). The highest BCUT2D eigenvalue weighted by Crippen LogP contribution is 2.30. The van der Waals surface area contributed by atoms with E-state index in [2.05, 4.69) is 97.1 Å². The fraction of sp³-hybridized carbons (Fsp3) is 0.208. The van der Waals surface area contributed by atoms with Gasteiger partial charge in [-0.05, 0) is 56.0 Å². The lowest BCUT2D eigenvalue weighted by atomic mass is 10.0. The van der Waals surface area contributed by atoms with Crippen molar-refractivity contribution >= 4 is 39.8 Å². The maximum atomic E-state index is 4.92. The number of aromatic nitrogens is 1. The monoisotopic (exact) mass is 391 g/mol. The largest absolute Gasteiger partial charge is 0.384 e. The topological polar surface area (TPSA) is 28.2 Å². The Bertz CT molecular complexity index is 1080. The lowest BCUT2D eigenvalue weighted by molar-refractivity contribution is 0.405. The molecule has 0 aliphatic heterocycles. The fourth-order valence-electron chi connectivity index (χ4n) is 3.44. The van der Waals surface area contributed by atoms with Gasteiger partial charge < -0.3 is 10.2 Å². The van der Waals surface area contributed by atoms with Crippen LogP contribution in [0.3, 0.4) is 0 Å². The van der Waals surface area contributed by atoms with Gasteiger partial charge in [0, 0.05) is 23.2 Å². The van der Waals surface area contributed by atoms with Crippen molar-refractivity contribution < 1.29 is 0 Å². The lowest BCUT2D eigenvalue weighted by Gasteiger charge is -2.14. The van der Waals surface area contributed by atoms with Crippen LogP contribution < -0.4 is 5.32 Å². The Morgan fingerprint density at radius 1 is 0.857 bits per heavy atom. The minimum Gasteiger partial charge on any atom is -0.384 e. The third kappa shape index (κ3) is 4.44. The molecule has 0 fully saturated rings. The third-order valence-electron chi connectivity index (χ3n) is 4.86. The van der Waals surface area contributed by atoms with Crippen molar-refractivity contribution in [2.24, 2.45) is 0 Å². The molecule has 0 saturated heterocycles. The number of halogens is 1. The molecule has 144 valence electrons. The molecular formula is C24H26ClN3. The summed E-state index contributed by atoms with van der Waals surface area (Å²) in [4.78, 5) is 7.14. The molecule has 0 radical (unpaired) electrons. The zero-order valence-corrected chi connectivity index (χ0v) is 17.2. The van der Waals surface area contributed by atoms with Gasteiger partial charge in [-0.15, -0.1) is 12.4 Å². The molecule has 0 unspecified atom stereocenters. The van der Waals surface area contributed by atoms with Crippen LogP contribution in [0.15, 0.2) is 72.8 Å². The molecule has 0 bridgehead atoms. The van der Waals surface area contributed by atoms with Gasteiger partial charge in [0.05, 0.1) is 11.2 Å². The molecule has 0 spiro atoms. The zero-order valence-electron chi connectivity index (χ0n) is 16.4. The Balaban J connectivity index is 0.00000225. The summed E-state index contributed by atoms with van der Waals surface area (Å²) in [6.45, 7) is 2.02. The van der Waals surface area contributed by atoms with E-state index in [1.807, 2.05) is 0 Å². The van der Waals surface area contributed by atoms with Gasteiger partial charge in [-0.25, -0.2) is 4.98 Å². The molecule has 0 amide bonds. The average molecular weight is 392 g/mol. The molecule has 1 heterocycles. The number of hydrogen-bond acceptors (Lipinski definition) is 3. The van der Waals surface area contributed by atoms with Gasteiger partial charge in [-0.3, -0.25) is 0 Å². The van der Waals surface area contributed by atoms with Crippen molar-refractivity contribution in [1.82, 2.24) is 9.88 Å². The molecule has 4 aromatic rings. The first-order valence-electron chi connectivity index (χ1n) is 9.48. The Morgan fingerprint density at radius 3 is 2.43 bits per heavy atom. The van der Waals surface area contributed by atoms with Crippen LogP contribution in [0.25, 0.3) is 32.9 Å². The van der Waals surface area contributed by atoms with Crippen molar-refractivity contribution in [2.75, 3.05) is 32.5 Å². The van der Waals surface area contributed by atoms with E-state index < -0.39 is 0 Å². The maximum absolute atomic E-state index is 4.92. The molecule has 0 saturated carbocycles. The summed E-state index contributed by atoms with van der Waals surface area (Å²) >= 11 is 0. The standard InChI is InChI=1S/C24H25N3.ClH/c1-27(2)15-7-14-25-24-17-23(26-22-11-6-5-10-21(22)24)20-13-12-18-8-3-4-9-19(18)16-20;/h3-6,8-13,16-17H,7,14-15H2,1-2H3,(H,25,26);1H. The minimum absolute atomic E-state index is 0. The zero-order chi connectivity index (χ0) is 18.6. The second kappa shape index (κ2) is 9.05. The van der Waals surface area contributed by atoms with Gasteiger partial charge in [-0.1, -0.05) is 54.6 Å². The Hall–Kier alpha value is -2.62. The first-order chi connectivity index (χ1) is 13.2. The number of hydrogen-bond donors (Lipinski definition) is 1. The number of anilines is 1. The maximum Gasteiger partial charge on any atom is 0.0730 e. The minimum atomic E-state index is 0. The summed E-state index contributed by atoms with van der Waals surface area (Å²) in [7, 11) is 4.22. The van der Waals surface area contributed by atoms with Crippen molar-refractivity contribution in [3.05, 3.63) is 72.8 Å². The highest BCUT2D eigenvalue weighted by atomic mass is 35.5. The summed E-state index contributed by atoms with van der Waals surface area (Å²) in [6.07, 6.45) is 1.11. The molecule has 0 aliphatic carbocycles. The van der Waals surface area contributed by atoms with Crippen LogP contribution >= 0.6 is 12.4 Å². The van der Waals surface area contributed by atoms with Gasteiger partial charge in [0.15, 0.2) is 0 Å². The van der Waals surface area contributed by atoms with E-state index >= 15 is 0 Å². The van der Waals surface area contributed by atoms with E-state index in [9.17, 15) is 0 Å². The van der Waals surface area contributed by atoms with Gasteiger partial charge in [-0.2, -0.15) is 0 Å². The lowest BCUT2D eigenvalue weighted by Crippen LogP contribution is -2.16. The van der Waals surface area contributed by atoms with Crippen molar-refractivity contribution in [3.8, 4) is 11.3 Å². The first-order valence-corrected chi connectivity index (χ1v) is 9.48. The smallest absolute Gasteiger partial charge is 0.0730 e. The summed E-state index contributed by atoms with van der Waals surface area (Å²) in [5.74, 6) is 0. The number of para-hydroxylation sites is 1. The van der Waals surface area contributed by atoms with E-state index in [0.717, 1.165) is 42.0 Å². The van der Waals surface area contributed by atoms with Crippen molar-refractivity contribution in [1.29, 1.82) is 0 Å². The number of nitrogens with zero attached hydrogens (tertiary/aromatic N) is 2. The summed E-state index contributed by atoms with van der Waals surface area (Å²) in [6, 6.07) is 25.5. The number of rotatable bonds is 6. The Labute approximate surface area is 172 Å². The van der Waals surface area contributed by atoms with Crippen LogP contribution in [-0.2, 0) is 0 Å². The first kappa shape index (κ1) is 20.1. The second-order valence-corrected chi connectivity index (χ2v) is 7.22. The molecule has 3 aromatic carbocycles. The summed E-state index contributed by atoms with van der Waals surface area (Å²) in [5.41, 5.74) is 4.34. The Kier molecular flexibility index (Phi) is 6.50. The van der Waals surface area contributed by atoms with Crippen LogP contribution in [-0.4, -0.2) is 37.1 Å². The number of nitrogens with one attached hydrogen (secondary N) is 1. The van der Waals surface area contributed by atoms with Gasteiger partial charge >= 0.3 is 0 Å². The van der Waals surface area contributed by atoms with Crippen LogP contribution in [0.5, 0.6) is 0 Å². The number of benzene rings is 3.